The zero-order valence-corrected chi connectivity index (χ0v) is 12.0. The van der Waals surface area contributed by atoms with Crippen molar-refractivity contribution in [1.82, 2.24) is 0 Å². The van der Waals surface area contributed by atoms with E-state index in [0.717, 1.165) is 37.6 Å². The van der Waals surface area contributed by atoms with Crippen molar-refractivity contribution in [2.45, 2.75) is 40.5 Å². The molecule has 0 heterocycles. The predicted molar refractivity (Wildman–Crippen MR) is 75.2 cm³/mol. The lowest BCUT2D eigenvalue weighted by Crippen LogP contribution is -2.03. The van der Waals surface area contributed by atoms with Gasteiger partial charge >= 0.3 is 0 Å². The summed E-state index contributed by atoms with van der Waals surface area (Å²) in [7, 11) is 0. The average molecular weight is 249 g/mol. The topological polar surface area (TPSA) is 18.5 Å². The van der Waals surface area contributed by atoms with Gasteiger partial charge in [-0.2, -0.15) is 0 Å². The summed E-state index contributed by atoms with van der Waals surface area (Å²) in [6, 6.07) is 8.78. The molecule has 0 saturated heterocycles. The molecule has 1 aromatic carbocycles. The van der Waals surface area contributed by atoms with Gasteiger partial charge in [0.1, 0.15) is 11.5 Å². The zero-order valence-electron chi connectivity index (χ0n) is 12.0. The maximum Gasteiger partial charge on any atom is 0.130 e. The van der Waals surface area contributed by atoms with Gasteiger partial charge in [0.05, 0.1) is 13.2 Å². The molecule has 0 bridgehead atoms. The van der Waals surface area contributed by atoms with E-state index in [1.54, 1.807) is 0 Å². The second-order valence-corrected chi connectivity index (χ2v) is 5.45. The van der Waals surface area contributed by atoms with Gasteiger partial charge in [0.2, 0.25) is 0 Å². The summed E-state index contributed by atoms with van der Waals surface area (Å²) in [4.78, 5) is 0. The van der Waals surface area contributed by atoms with E-state index >= 15 is 0 Å². The molecule has 2 heteroatoms. The average Bonchev–Trinajstić information content (AvgIpc) is 2.28. The van der Waals surface area contributed by atoms with E-state index in [0.29, 0.717) is 11.8 Å². The van der Waals surface area contributed by atoms with Crippen molar-refractivity contribution in [3.8, 4) is 11.5 Å². The molecule has 0 aromatic heterocycles. The molecule has 0 saturated carbocycles. The Morgan fingerprint density at radius 3 is 2.22 bits per heavy atom. The van der Waals surface area contributed by atoms with Crippen molar-refractivity contribution >= 4 is 0 Å². The molecule has 0 atom stereocenters. The first kappa shape index (κ1) is 14.9. The van der Waals surface area contributed by atoms with E-state index < -0.39 is 0 Å². The highest BCUT2D eigenvalue weighted by Crippen LogP contribution is 2.19. The Labute approximate surface area is 111 Å². The molecule has 2 nitrogen and oxygen atoms in total. The van der Waals surface area contributed by atoms with Crippen molar-refractivity contribution in [2.24, 2.45) is 11.8 Å². The standard InChI is InChI=1S/C16H25O2/c1-13(2)8-10-17-15-6-5-7-16(12-15)18-11-9-14(3)4/h5-6,12-14H,8-11H2,1-4H3. The van der Waals surface area contributed by atoms with Gasteiger partial charge in [-0.05, 0) is 36.8 Å². The van der Waals surface area contributed by atoms with Crippen LogP contribution in [-0.4, -0.2) is 13.2 Å². The summed E-state index contributed by atoms with van der Waals surface area (Å²) in [5.41, 5.74) is 0. The molecule has 0 aliphatic rings. The number of rotatable bonds is 8. The molecule has 1 aromatic rings. The van der Waals surface area contributed by atoms with Crippen molar-refractivity contribution in [3.63, 3.8) is 0 Å². The van der Waals surface area contributed by atoms with E-state index in [2.05, 4.69) is 33.8 Å². The van der Waals surface area contributed by atoms with Gasteiger partial charge < -0.3 is 9.47 Å². The van der Waals surface area contributed by atoms with Crippen LogP contribution in [-0.2, 0) is 0 Å². The van der Waals surface area contributed by atoms with E-state index in [1.165, 1.54) is 0 Å². The monoisotopic (exact) mass is 249 g/mol. The van der Waals surface area contributed by atoms with Gasteiger partial charge in [-0.15, -0.1) is 0 Å². The minimum atomic E-state index is 0.662. The van der Waals surface area contributed by atoms with Gasteiger partial charge in [0.15, 0.2) is 0 Å². The zero-order chi connectivity index (χ0) is 13.4. The molecule has 0 unspecified atom stereocenters. The van der Waals surface area contributed by atoms with E-state index in [4.69, 9.17) is 9.47 Å². The summed E-state index contributed by atoms with van der Waals surface area (Å²) < 4.78 is 11.3. The Morgan fingerprint density at radius 1 is 1.00 bits per heavy atom. The van der Waals surface area contributed by atoms with E-state index in [1.807, 2.05) is 18.2 Å². The fraction of sp³-hybridized carbons (Fsp3) is 0.625. The Kier molecular flexibility index (Phi) is 6.63. The molecule has 1 rings (SSSR count). The van der Waals surface area contributed by atoms with Crippen LogP contribution in [0, 0.1) is 17.9 Å². The van der Waals surface area contributed by atoms with Gasteiger partial charge in [-0.25, -0.2) is 0 Å². The summed E-state index contributed by atoms with van der Waals surface area (Å²) >= 11 is 0. The van der Waals surface area contributed by atoms with Crippen LogP contribution in [0.15, 0.2) is 18.2 Å². The molecule has 0 N–H and O–H groups in total. The van der Waals surface area contributed by atoms with Crippen molar-refractivity contribution < 1.29 is 9.47 Å². The first-order chi connectivity index (χ1) is 8.58. The first-order valence-corrected chi connectivity index (χ1v) is 6.85. The molecular weight excluding hydrogens is 224 g/mol. The highest BCUT2D eigenvalue weighted by molar-refractivity contribution is 5.31. The quantitative estimate of drug-likeness (QED) is 0.682. The Morgan fingerprint density at radius 2 is 1.61 bits per heavy atom. The molecular formula is C16H25O2. The highest BCUT2D eigenvalue weighted by atomic mass is 16.5. The van der Waals surface area contributed by atoms with Crippen LogP contribution >= 0.6 is 0 Å². The lowest BCUT2D eigenvalue weighted by atomic mass is 10.1. The normalized spacial score (nSPS) is 11.0. The van der Waals surface area contributed by atoms with Crippen LogP contribution in [0.4, 0.5) is 0 Å². The number of benzene rings is 1. The van der Waals surface area contributed by atoms with Gasteiger partial charge in [0.25, 0.3) is 0 Å². The predicted octanol–water partition coefficient (Wildman–Crippen LogP) is 4.34. The Bertz CT molecular complexity index is 302. The molecule has 0 aliphatic heterocycles. The highest BCUT2D eigenvalue weighted by Gasteiger charge is 2.01. The van der Waals surface area contributed by atoms with Gasteiger partial charge in [0, 0.05) is 12.1 Å². The Balaban J connectivity index is 2.36. The van der Waals surface area contributed by atoms with Crippen LogP contribution < -0.4 is 9.47 Å². The van der Waals surface area contributed by atoms with E-state index in [9.17, 15) is 0 Å². The molecule has 1 radical (unpaired) electrons. The fourth-order valence-electron chi connectivity index (χ4n) is 1.42. The van der Waals surface area contributed by atoms with Crippen LogP contribution in [0.5, 0.6) is 11.5 Å². The lowest BCUT2D eigenvalue weighted by molar-refractivity contribution is 0.276. The minimum Gasteiger partial charge on any atom is -0.493 e. The van der Waals surface area contributed by atoms with Gasteiger partial charge in [-0.1, -0.05) is 27.7 Å². The molecule has 18 heavy (non-hydrogen) atoms. The molecule has 0 spiro atoms. The second-order valence-electron chi connectivity index (χ2n) is 5.45. The summed E-state index contributed by atoms with van der Waals surface area (Å²) in [5, 5.41) is 0. The van der Waals surface area contributed by atoms with E-state index in [-0.39, 0.29) is 0 Å². The lowest BCUT2D eigenvalue weighted by Gasteiger charge is -2.11. The summed E-state index contributed by atoms with van der Waals surface area (Å²) in [5.74, 6) is 2.98. The third-order valence-corrected chi connectivity index (χ3v) is 2.66. The largest absolute Gasteiger partial charge is 0.493 e. The fourth-order valence-corrected chi connectivity index (χ4v) is 1.42. The smallest absolute Gasteiger partial charge is 0.130 e. The molecule has 0 fully saturated rings. The third-order valence-electron chi connectivity index (χ3n) is 2.66. The number of hydrogen-bond donors (Lipinski definition) is 0. The van der Waals surface area contributed by atoms with Crippen molar-refractivity contribution in [3.05, 3.63) is 24.3 Å². The van der Waals surface area contributed by atoms with Crippen molar-refractivity contribution in [1.29, 1.82) is 0 Å². The summed E-state index contributed by atoms with van der Waals surface area (Å²) in [6.07, 6.45) is 2.13. The number of ether oxygens (including phenoxy) is 2. The molecule has 0 aliphatic carbocycles. The molecule has 0 amide bonds. The maximum absolute atomic E-state index is 5.68. The van der Waals surface area contributed by atoms with Crippen molar-refractivity contribution in [2.75, 3.05) is 13.2 Å². The second kappa shape index (κ2) is 8.02. The van der Waals surface area contributed by atoms with Gasteiger partial charge in [-0.3, -0.25) is 0 Å². The minimum absolute atomic E-state index is 0.662. The first-order valence-electron chi connectivity index (χ1n) is 6.85. The number of hydrogen-bond acceptors (Lipinski definition) is 2. The van der Waals surface area contributed by atoms with Crippen LogP contribution in [0.25, 0.3) is 0 Å². The maximum atomic E-state index is 5.68. The SMILES string of the molecule is CC(C)CCOc1[c]ccc(OCCC(C)C)c1. The van der Waals surface area contributed by atoms with Crippen LogP contribution in [0.2, 0.25) is 0 Å². The third kappa shape index (κ3) is 6.53. The summed E-state index contributed by atoms with van der Waals surface area (Å²) in [6.45, 7) is 10.3. The molecule has 101 valence electrons. The van der Waals surface area contributed by atoms with Crippen LogP contribution in [0.3, 0.4) is 0 Å². The Hall–Kier alpha value is -1.18. The van der Waals surface area contributed by atoms with Crippen LogP contribution in [0.1, 0.15) is 40.5 Å².